The van der Waals surface area contributed by atoms with Gasteiger partial charge in [-0.15, -0.1) is 0 Å². The van der Waals surface area contributed by atoms with Gasteiger partial charge in [-0.2, -0.15) is 13.2 Å². The Kier molecular flexibility index (Phi) is 7.42. The second kappa shape index (κ2) is 10.4. The van der Waals surface area contributed by atoms with Gasteiger partial charge in [-0.3, -0.25) is 4.79 Å². The Bertz CT molecular complexity index is 1150. The minimum Gasteiger partial charge on any atom is -0.381 e. The summed E-state index contributed by atoms with van der Waals surface area (Å²) < 4.78 is 45.9. The van der Waals surface area contributed by atoms with E-state index in [9.17, 15) is 18.0 Å². The number of nitrogens with zero attached hydrogens (tertiary/aromatic N) is 1. The fourth-order valence-corrected chi connectivity index (χ4v) is 6.87. The molecule has 202 valence electrons. The van der Waals surface area contributed by atoms with Gasteiger partial charge in [-0.1, -0.05) is 13.0 Å². The van der Waals surface area contributed by atoms with Gasteiger partial charge in [0.15, 0.2) is 0 Å². The number of halogens is 3. The number of aromatic nitrogens is 1. The minimum atomic E-state index is -4.34. The van der Waals surface area contributed by atoms with E-state index in [0.29, 0.717) is 31.6 Å². The average molecular weight is 518 g/mol. The monoisotopic (exact) mass is 517 g/mol. The summed E-state index contributed by atoms with van der Waals surface area (Å²) in [6.07, 6.45) is 4.27. The van der Waals surface area contributed by atoms with Crippen molar-refractivity contribution in [2.75, 3.05) is 39.4 Å². The molecule has 1 aromatic heterocycles. The molecule has 0 radical (unpaired) electrons. The first-order valence-corrected chi connectivity index (χ1v) is 13.7. The number of carbonyl (C=O) groups is 1. The van der Waals surface area contributed by atoms with Crippen LogP contribution in [0, 0.1) is 17.3 Å². The number of hydrogen-bond acceptors (Lipinski definition) is 3. The summed E-state index contributed by atoms with van der Waals surface area (Å²) in [5.41, 5.74) is 2.39. The van der Waals surface area contributed by atoms with Gasteiger partial charge in [0.25, 0.3) is 0 Å². The van der Waals surface area contributed by atoms with Crippen molar-refractivity contribution in [1.29, 1.82) is 0 Å². The number of likely N-dealkylation sites (tertiary alicyclic amines) is 1. The van der Waals surface area contributed by atoms with E-state index in [1.165, 1.54) is 12.1 Å². The van der Waals surface area contributed by atoms with Crippen molar-refractivity contribution >= 4 is 16.8 Å². The smallest absolute Gasteiger partial charge is 0.381 e. The summed E-state index contributed by atoms with van der Waals surface area (Å²) >= 11 is 0. The van der Waals surface area contributed by atoms with Crippen molar-refractivity contribution in [3.05, 3.63) is 47.2 Å². The zero-order valence-electron chi connectivity index (χ0n) is 21.8. The molecule has 1 amide bonds. The molecule has 5 nitrogen and oxygen atoms in total. The molecule has 3 aliphatic rings. The molecule has 5 rings (SSSR count). The number of aromatic amines is 1. The number of nitrogens with one attached hydrogen (secondary N) is 2. The van der Waals surface area contributed by atoms with Crippen LogP contribution < -0.4 is 5.32 Å². The van der Waals surface area contributed by atoms with Gasteiger partial charge in [0.05, 0.1) is 5.56 Å². The Morgan fingerprint density at radius 1 is 1.30 bits per heavy atom. The molecule has 37 heavy (non-hydrogen) atoms. The number of H-pyrrole nitrogens is 1. The highest BCUT2D eigenvalue weighted by molar-refractivity contribution is 5.87. The molecule has 2 saturated heterocycles. The van der Waals surface area contributed by atoms with E-state index in [4.69, 9.17) is 4.74 Å². The maximum Gasteiger partial charge on any atom is 0.416 e. The van der Waals surface area contributed by atoms with Crippen molar-refractivity contribution in [3.8, 4) is 0 Å². The summed E-state index contributed by atoms with van der Waals surface area (Å²) in [4.78, 5) is 18.0. The van der Waals surface area contributed by atoms with Gasteiger partial charge in [-0.25, -0.2) is 0 Å². The van der Waals surface area contributed by atoms with E-state index in [2.05, 4.69) is 28.2 Å². The second-order valence-corrected chi connectivity index (χ2v) is 11.2. The predicted octanol–water partition coefficient (Wildman–Crippen LogP) is 5.66. The van der Waals surface area contributed by atoms with Crippen LogP contribution in [0.25, 0.3) is 10.9 Å². The van der Waals surface area contributed by atoms with Crippen molar-refractivity contribution in [2.45, 2.75) is 58.0 Å². The number of benzene rings is 1. The lowest BCUT2D eigenvalue weighted by atomic mass is 9.68. The lowest BCUT2D eigenvalue weighted by molar-refractivity contribution is -0.137. The van der Waals surface area contributed by atoms with Crippen LogP contribution in [0.2, 0.25) is 0 Å². The van der Waals surface area contributed by atoms with Crippen LogP contribution in [-0.2, 0) is 22.1 Å². The first-order valence-electron chi connectivity index (χ1n) is 13.7. The zero-order chi connectivity index (χ0) is 26.2. The molecule has 1 aromatic carbocycles. The quantitative estimate of drug-likeness (QED) is 0.486. The lowest BCUT2D eigenvalue weighted by Crippen LogP contribution is -2.46. The van der Waals surface area contributed by atoms with Crippen LogP contribution in [0.4, 0.5) is 13.2 Å². The molecule has 0 bridgehead atoms. The topological polar surface area (TPSA) is 57.4 Å². The van der Waals surface area contributed by atoms with Gasteiger partial charge in [0.2, 0.25) is 5.91 Å². The standard InChI is InChI=1S/C29H38F3N3O2/c1-3-33-26(36)6-8-28(10-14-37-15-11-28)9-13-35-12-7-20-16-25-27(19(2)23(20)18-35)22-17-21(29(30,31)32)4-5-24(22)34-25/h4-6,8,17,19-20,23,34H,3,7,9-16,18H2,1-2H3,(H,33,36)/b8-6+/t19-,20-,23-/m1/s1. The number of carbonyl (C=O) groups excluding carboxylic acids is 1. The number of likely N-dealkylation sites (N-methyl/N-ethyl adjacent to an activating group) is 1. The number of amides is 1. The SMILES string of the molecule is CCNC(=O)/C=C/C1(CCN2CC[C@@H]3Cc4[nH]c5ccc(C(F)(F)F)cc5c4[C@H](C)[C@H]3C2)CCOCC1. The highest BCUT2D eigenvalue weighted by Gasteiger charge is 2.41. The van der Waals surface area contributed by atoms with Crippen LogP contribution >= 0.6 is 0 Å². The van der Waals surface area contributed by atoms with Gasteiger partial charge in [-0.05, 0) is 105 Å². The zero-order valence-corrected chi connectivity index (χ0v) is 21.8. The summed E-state index contributed by atoms with van der Waals surface area (Å²) in [5, 5.41) is 3.57. The molecule has 3 heterocycles. The van der Waals surface area contributed by atoms with Crippen LogP contribution in [0.3, 0.4) is 0 Å². The summed E-state index contributed by atoms with van der Waals surface area (Å²) in [6.45, 7) is 9.10. The fraction of sp³-hybridized carbons (Fsp3) is 0.621. The normalized spacial score (nSPS) is 26.2. The van der Waals surface area contributed by atoms with Crippen molar-refractivity contribution < 1.29 is 22.7 Å². The number of allylic oxidation sites excluding steroid dienone is 1. The molecule has 1 aliphatic carbocycles. The second-order valence-electron chi connectivity index (χ2n) is 11.2. The van der Waals surface area contributed by atoms with Crippen LogP contribution in [0.15, 0.2) is 30.4 Å². The summed E-state index contributed by atoms with van der Waals surface area (Å²) in [6, 6.07) is 4.09. The molecule has 8 heteroatoms. The molecular formula is C29H38F3N3O2. The van der Waals surface area contributed by atoms with E-state index in [1.54, 1.807) is 12.1 Å². The third-order valence-electron chi connectivity index (χ3n) is 9.06. The van der Waals surface area contributed by atoms with E-state index < -0.39 is 11.7 Å². The molecule has 0 unspecified atom stereocenters. The Balaban J connectivity index is 1.30. The van der Waals surface area contributed by atoms with Crippen LogP contribution in [0.1, 0.15) is 62.3 Å². The molecule has 0 spiro atoms. The Hall–Kier alpha value is -2.32. The first kappa shape index (κ1) is 26.3. The van der Waals surface area contributed by atoms with Crippen LogP contribution in [0.5, 0.6) is 0 Å². The molecule has 3 atom stereocenters. The molecule has 2 aromatic rings. The van der Waals surface area contributed by atoms with Crippen molar-refractivity contribution in [3.63, 3.8) is 0 Å². The number of piperidine rings is 1. The Morgan fingerprint density at radius 3 is 2.81 bits per heavy atom. The van der Waals surface area contributed by atoms with E-state index in [-0.39, 0.29) is 17.2 Å². The van der Waals surface area contributed by atoms with Gasteiger partial charge < -0.3 is 19.9 Å². The van der Waals surface area contributed by atoms with E-state index in [0.717, 1.165) is 73.9 Å². The third kappa shape index (κ3) is 5.46. The number of fused-ring (bicyclic) bond motifs is 4. The van der Waals surface area contributed by atoms with Gasteiger partial charge in [0, 0.05) is 42.9 Å². The summed E-state index contributed by atoms with van der Waals surface area (Å²) in [7, 11) is 0. The lowest BCUT2D eigenvalue weighted by Gasteiger charge is -2.45. The predicted molar refractivity (Wildman–Crippen MR) is 138 cm³/mol. The molecule has 2 fully saturated rings. The Labute approximate surface area is 216 Å². The minimum absolute atomic E-state index is 0.0314. The average Bonchev–Trinajstić information content (AvgIpc) is 3.25. The fourth-order valence-electron chi connectivity index (χ4n) is 6.87. The third-order valence-corrected chi connectivity index (χ3v) is 9.06. The number of ether oxygens (including phenoxy) is 1. The maximum atomic E-state index is 13.4. The van der Waals surface area contributed by atoms with E-state index in [1.807, 2.05) is 6.92 Å². The van der Waals surface area contributed by atoms with Gasteiger partial charge in [0.1, 0.15) is 0 Å². The summed E-state index contributed by atoms with van der Waals surface area (Å²) in [5.74, 6) is 1.12. The van der Waals surface area contributed by atoms with Gasteiger partial charge >= 0.3 is 6.18 Å². The van der Waals surface area contributed by atoms with E-state index >= 15 is 0 Å². The maximum absolute atomic E-state index is 13.4. The number of rotatable bonds is 6. The Morgan fingerprint density at radius 2 is 2.08 bits per heavy atom. The highest BCUT2D eigenvalue weighted by Crippen LogP contribution is 2.47. The van der Waals surface area contributed by atoms with Crippen LogP contribution in [-0.4, -0.2) is 55.2 Å². The first-order chi connectivity index (χ1) is 17.7. The number of hydrogen-bond donors (Lipinski definition) is 2. The number of alkyl halides is 3. The molecular weight excluding hydrogens is 479 g/mol. The van der Waals surface area contributed by atoms with Crippen molar-refractivity contribution in [2.24, 2.45) is 17.3 Å². The molecule has 2 N–H and O–H groups in total. The molecule has 2 aliphatic heterocycles. The van der Waals surface area contributed by atoms with Crippen molar-refractivity contribution in [1.82, 2.24) is 15.2 Å². The largest absolute Gasteiger partial charge is 0.416 e. The molecule has 0 saturated carbocycles. The highest BCUT2D eigenvalue weighted by atomic mass is 19.4.